The SMILES string of the molecule is Cc1cc(C)c2nc(N(Cc3ccco3)C(=O)c3nc4ccccc4s3)sc2c1. The van der Waals surface area contributed by atoms with E-state index in [2.05, 4.69) is 24.0 Å². The maximum Gasteiger partial charge on any atom is 0.289 e. The molecule has 0 atom stereocenters. The van der Waals surface area contributed by atoms with Gasteiger partial charge in [0.05, 0.1) is 33.2 Å². The van der Waals surface area contributed by atoms with Gasteiger partial charge in [0.25, 0.3) is 5.91 Å². The molecular weight excluding hydrogens is 402 g/mol. The number of carbonyl (C=O) groups excluding carboxylic acids is 1. The van der Waals surface area contributed by atoms with Gasteiger partial charge in [-0.1, -0.05) is 29.5 Å². The Morgan fingerprint density at radius 2 is 1.90 bits per heavy atom. The van der Waals surface area contributed by atoms with E-state index in [1.165, 1.54) is 28.2 Å². The number of nitrogens with zero attached hydrogens (tertiary/aromatic N) is 3. The number of amides is 1. The summed E-state index contributed by atoms with van der Waals surface area (Å²) in [5, 5.41) is 1.10. The minimum atomic E-state index is -0.170. The van der Waals surface area contributed by atoms with Crippen LogP contribution in [0, 0.1) is 13.8 Å². The van der Waals surface area contributed by atoms with Crippen LogP contribution in [0.3, 0.4) is 0 Å². The monoisotopic (exact) mass is 419 g/mol. The van der Waals surface area contributed by atoms with Crippen molar-refractivity contribution in [3.8, 4) is 0 Å². The Hall–Kier alpha value is -3.03. The van der Waals surface area contributed by atoms with Gasteiger partial charge in [-0.05, 0) is 55.3 Å². The van der Waals surface area contributed by atoms with Crippen molar-refractivity contribution in [3.05, 3.63) is 76.7 Å². The number of aromatic nitrogens is 2. The molecule has 5 rings (SSSR count). The average Bonchev–Trinajstić information content (AvgIpc) is 3.44. The standard InChI is InChI=1S/C22H17N3O2S2/c1-13-10-14(2)19-18(11-13)29-22(24-19)25(12-15-6-5-9-27-15)21(26)20-23-16-7-3-4-8-17(16)28-20/h3-11H,12H2,1-2H3. The second-order valence-corrected chi connectivity index (χ2v) is 8.92. The summed E-state index contributed by atoms with van der Waals surface area (Å²) in [6.07, 6.45) is 1.61. The van der Waals surface area contributed by atoms with Crippen molar-refractivity contribution in [1.29, 1.82) is 0 Å². The smallest absolute Gasteiger partial charge is 0.289 e. The first kappa shape index (κ1) is 18.0. The van der Waals surface area contributed by atoms with Crippen LogP contribution in [-0.2, 0) is 6.54 Å². The van der Waals surface area contributed by atoms with Crippen molar-refractivity contribution in [2.75, 3.05) is 4.90 Å². The second kappa shape index (κ2) is 7.09. The molecule has 0 aliphatic heterocycles. The number of rotatable bonds is 4. The molecule has 0 radical (unpaired) electrons. The van der Waals surface area contributed by atoms with Crippen molar-refractivity contribution in [3.63, 3.8) is 0 Å². The van der Waals surface area contributed by atoms with E-state index in [1.54, 1.807) is 11.2 Å². The van der Waals surface area contributed by atoms with E-state index in [0.29, 0.717) is 22.4 Å². The Balaban J connectivity index is 1.61. The predicted octanol–water partition coefficient (Wildman–Crippen LogP) is 5.96. The van der Waals surface area contributed by atoms with E-state index < -0.39 is 0 Å². The summed E-state index contributed by atoms with van der Waals surface area (Å²) in [4.78, 5) is 24.5. The zero-order chi connectivity index (χ0) is 20.0. The Morgan fingerprint density at radius 3 is 2.69 bits per heavy atom. The Labute approximate surface area is 175 Å². The lowest BCUT2D eigenvalue weighted by Gasteiger charge is -2.17. The number of thiazole rings is 2. The molecule has 0 spiro atoms. The van der Waals surface area contributed by atoms with Gasteiger partial charge in [-0.25, -0.2) is 9.97 Å². The number of hydrogen-bond acceptors (Lipinski definition) is 6. The van der Waals surface area contributed by atoms with Crippen LogP contribution < -0.4 is 4.90 Å². The first-order chi connectivity index (χ1) is 14.1. The van der Waals surface area contributed by atoms with Crippen LogP contribution in [0.25, 0.3) is 20.4 Å². The normalized spacial score (nSPS) is 11.4. The molecule has 3 heterocycles. The van der Waals surface area contributed by atoms with Gasteiger partial charge in [0.1, 0.15) is 5.76 Å². The van der Waals surface area contributed by atoms with Crippen LogP contribution in [0.1, 0.15) is 26.7 Å². The largest absolute Gasteiger partial charge is 0.467 e. The molecule has 0 fully saturated rings. The van der Waals surface area contributed by atoms with Crippen molar-refractivity contribution in [2.24, 2.45) is 0 Å². The molecule has 7 heteroatoms. The minimum absolute atomic E-state index is 0.170. The summed E-state index contributed by atoms with van der Waals surface area (Å²) in [5.74, 6) is 0.530. The summed E-state index contributed by atoms with van der Waals surface area (Å²) < 4.78 is 7.57. The molecule has 0 aliphatic carbocycles. The van der Waals surface area contributed by atoms with Gasteiger partial charge < -0.3 is 4.42 Å². The summed E-state index contributed by atoms with van der Waals surface area (Å²) in [5.41, 5.74) is 4.04. The number of hydrogen-bond donors (Lipinski definition) is 0. The zero-order valence-corrected chi connectivity index (χ0v) is 17.5. The van der Waals surface area contributed by atoms with Crippen LogP contribution in [0.15, 0.2) is 59.2 Å². The van der Waals surface area contributed by atoms with Gasteiger partial charge >= 0.3 is 0 Å². The Morgan fingerprint density at radius 1 is 1.03 bits per heavy atom. The maximum atomic E-state index is 13.5. The van der Waals surface area contributed by atoms with Gasteiger partial charge in [-0.15, -0.1) is 11.3 Å². The summed E-state index contributed by atoms with van der Waals surface area (Å²) in [7, 11) is 0. The number of aryl methyl sites for hydroxylation is 2. The highest BCUT2D eigenvalue weighted by atomic mass is 32.1. The number of carbonyl (C=O) groups is 1. The molecule has 0 aliphatic rings. The highest BCUT2D eigenvalue weighted by molar-refractivity contribution is 7.23. The van der Waals surface area contributed by atoms with Gasteiger partial charge in [-0.2, -0.15) is 0 Å². The highest BCUT2D eigenvalue weighted by Crippen LogP contribution is 2.34. The third-order valence-corrected chi connectivity index (χ3v) is 6.72. The zero-order valence-electron chi connectivity index (χ0n) is 15.9. The van der Waals surface area contributed by atoms with Gasteiger partial charge in [-0.3, -0.25) is 9.69 Å². The molecule has 0 bridgehead atoms. The van der Waals surface area contributed by atoms with E-state index in [9.17, 15) is 4.79 Å². The third kappa shape index (κ3) is 3.32. The fourth-order valence-corrected chi connectivity index (χ4v) is 5.39. The topological polar surface area (TPSA) is 59.2 Å². The molecule has 144 valence electrons. The fourth-order valence-electron chi connectivity index (χ4n) is 3.34. The molecule has 0 unspecified atom stereocenters. The molecule has 0 N–H and O–H groups in total. The molecule has 3 aromatic heterocycles. The first-order valence-electron chi connectivity index (χ1n) is 9.16. The minimum Gasteiger partial charge on any atom is -0.467 e. The lowest BCUT2D eigenvalue weighted by atomic mass is 10.1. The number of anilines is 1. The van der Waals surface area contributed by atoms with Gasteiger partial charge in [0.15, 0.2) is 10.1 Å². The van der Waals surface area contributed by atoms with Crippen LogP contribution in [0.4, 0.5) is 5.13 Å². The Kier molecular flexibility index (Phi) is 4.41. The summed E-state index contributed by atoms with van der Waals surface area (Å²) >= 11 is 2.91. The predicted molar refractivity (Wildman–Crippen MR) is 118 cm³/mol. The quantitative estimate of drug-likeness (QED) is 0.360. The van der Waals surface area contributed by atoms with Crippen LogP contribution >= 0.6 is 22.7 Å². The average molecular weight is 420 g/mol. The number of para-hydroxylation sites is 1. The van der Waals surface area contributed by atoms with Gasteiger partial charge in [0, 0.05) is 0 Å². The molecule has 5 nitrogen and oxygen atoms in total. The summed E-state index contributed by atoms with van der Waals surface area (Å²) in [6, 6.07) is 15.7. The van der Waals surface area contributed by atoms with Crippen molar-refractivity contribution in [1.82, 2.24) is 9.97 Å². The van der Waals surface area contributed by atoms with Crippen molar-refractivity contribution < 1.29 is 9.21 Å². The van der Waals surface area contributed by atoms with Crippen LogP contribution in [0.5, 0.6) is 0 Å². The van der Waals surface area contributed by atoms with Crippen molar-refractivity contribution >= 4 is 54.1 Å². The van der Waals surface area contributed by atoms with E-state index in [1.807, 2.05) is 43.3 Å². The molecule has 0 saturated carbocycles. The lowest BCUT2D eigenvalue weighted by Crippen LogP contribution is -2.30. The number of fused-ring (bicyclic) bond motifs is 2. The molecular formula is C22H17N3O2S2. The molecule has 0 saturated heterocycles. The van der Waals surface area contributed by atoms with E-state index in [0.717, 1.165) is 26.0 Å². The van der Waals surface area contributed by atoms with E-state index in [4.69, 9.17) is 9.40 Å². The first-order valence-corrected chi connectivity index (χ1v) is 10.8. The molecule has 1 amide bonds. The second-order valence-electron chi connectivity index (χ2n) is 6.88. The highest BCUT2D eigenvalue weighted by Gasteiger charge is 2.25. The molecule has 29 heavy (non-hydrogen) atoms. The molecule has 2 aromatic carbocycles. The van der Waals surface area contributed by atoms with Crippen molar-refractivity contribution in [2.45, 2.75) is 20.4 Å². The van der Waals surface area contributed by atoms with E-state index >= 15 is 0 Å². The van der Waals surface area contributed by atoms with Crippen LogP contribution in [-0.4, -0.2) is 15.9 Å². The Bertz CT molecular complexity index is 1300. The summed E-state index contributed by atoms with van der Waals surface area (Å²) in [6.45, 7) is 4.42. The fraction of sp³-hybridized carbons (Fsp3) is 0.136. The third-order valence-electron chi connectivity index (χ3n) is 4.67. The van der Waals surface area contributed by atoms with Crippen LogP contribution in [0.2, 0.25) is 0 Å². The van der Waals surface area contributed by atoms with E-state index in [-0.39, 0.29) is 5.91 Å². The number of furan rings is 1. The molecule has 5 aromatic rings. The van der Waals surface area contributed by atoms with Gasteiger partial charge in [0.2, 0.25) is 0 Å². The maximum absolute atomic E-state index is 13.5. The number of benzene rings is 2. The lowest BCUT2D eigenvalue weighted by molar-refractivity contribution is 0.0983.